The highest BCUT2D eigenvalue weighted by Crippen LogP contribution is 2.09. The maximum absolute atomic E-state index is 12.2. The molecule has 1 atom stereocenters. The van der Waals surface area contributed by atoms with Gasteiger partial charge in [0.15, 0.2) is 0 Å². The lowest BCUT2D eigenvalue weighted by molar-refractivity contribution is -0.127. The number of piperazine rings is 1. The smallest absolute Gasteiger partial charge is 0.318 e. The minimum Gasteiger partial charge on any atom is -0.353 e. The first-order valence-corrected chi connectivity index (χ1v) is 6.86. The van der Waals surface area contributed by atoms with Gasteiger partial charge in [0.05, 0.1) is 12.2 Å². The lowest BCUT2D eigenvalue weighted by Gasteiger charge is -2.34. The van der Waals surface area contributed by atoms with Gasteiger partial charge in [-0.05, 0) is 25.0 Å². The molecule has 6 nitrogen and oxygen atoms in total. The molecule has 108 valence electrons. The van der Waals surface area contributed by atoms with E-state index in [0.29, 0.717) is 26.1 Å². The summed E-state index contributed by atoms with van der Waals surface area (Å²) in [5.74, 6) is -0.0806. The molecule has 6 heteroatoms. The van der Waals surface area contributed by atoms with Crippen LogP contribution in [0.5, 0.6) is 0 Å². The molecule has 0 bridgehead atoms. The van der Waals surface area contributed by atoms with Crippen molar-refractivity contribution in [2.24, 2.45) is 0 Å². The number of rotatable bonds is 3. The number of amides is 3. The van der Waals surface area contributed by atoms with Crippen LogP contribution >= 0.6 is 0 Å². The van der Waals surface area contributed by atoms with E-state index < -0.39 is 0 Å². The third kappa shape index (κ3) is 3.07. The van der Waals surface area contributed by atoms with Crippen molar-refractivity contribution in [1.29, 1.82) is 0 Å². The van der Waals surface area contributed by atoms with Crippen LogP contribution in [0.3, 0.4) is 0 Å². The predicted molar refractivity (Wildman–Crippen MR) is 75.0 cm³/mol. The molecule has 1 aliphatic heterocycles. The van der Waals surface area contributed by atoms with Crippen LogP contribution in [0.1, 0.15) is 24.6 Å². The Bertz CT molecular complexity index is 504. The monoisotopic (exact) mass is 276 g/mol. The minimum atomic E-state index is -0.381. The Kier molecular flexibility index (Phi) is 4.55. The molecule has 2 heterocycles. The Morgan fingerprint density at radius 3 is 3.10 bits per heavy atom. The zero-order valence-corrected chi connectivity index (χ0v) is 11.8. The highest BCUT2D eigenvalue weighted by atomic mass is 16.2. The number of carbonyl (C=O) groups is 2. The van der Waals surface area contributed by atoms with Crippen molar-refractivity contribution in [3.63, 3.8) is 0 Å². The fourth-order valence-electron chi connectivity index (χ4n) is 2.33. The Labute approximate surface area is 118 Å². The first-order chi connectivity index (χ1) is 9.63. The quantitative estimate of drug-likeness (QED) is 0.858. The van der Waals surface area contributed by atoms with Gasteiger partial charge in [0.1, 0.15) is 6.04 Å². The highest BCUT2D eigenvalue weighted by Gasteiger charge is 2.31. The minimum absolute atomic E-state index is 0.0806. The molecular formula is C14H20N4O2. The molecule has 1 aromatic heterocycles. The van der Waals surface area contributed by atoms with E-state index in [1.807, 2.05) is 26.0 Å². The normalized spacial score (nSPS) is 18.6. The van der Waals surface area contributed by atoms with Gasteiger partial charge in [0.2, 0.25) is 5.91 Å². The SMILES string of the molecule is CC[C@H]1C(=O)NCCN1C(=O)NCc1ncccc1C. The molecule has 0 spiro atoms. The van der Waals surface area contributed by atoms with Gasteiger partial charge in [-0.2, -0.15) is 0 Å². The summed E-state index contributed by atoms with van der Waals surface area (Å²) in [4.78, 5) is 29.8. The van der Waals surface area contributed by atoms with E-state index in [-0.39, 0.29) is 18.0 Å². The van der Waals surface area contributed by atoms with Crippen molar-refractivity contribution >= 4 is 11.9 Å². The average molecular weight is 276 g/mol. The molecule has 2 rings (SSSR count). The summed E-state index contributed by atoms with van der Waals surface area (Å²) in [5.41, 5.74) is 1.88. The second kappa shape index (κ2) is 6.36. The van der Waals surface area contributed by atoms with E-state index in [4.69, 9.17) is 0 Å². The van der Waals surface area contributed by atoms with E-state index in [1.54, 1.807) is 11.1 Å². The number of nitrogens with one attached hydrogen (secondary N) is 2. The Morgan fingerprint density at radius 2 is 2.40 bits per heavy atom. The van der Waals surface area contributed by atoms with Gasteiger partial charge in [-0.25, -0.2) is 4.79 Å². The van der Waals surface area contributed by atoms with Crippen LogP contribution < -0.4 is 10.6 Å². The van der Waals surface area contributed by atoms with Gasteiger partial charge < -0.3 is 15.5 Å². The van der Waals surface area contributed by atoms with E-state index in [1.165, 1.54) is 0 Å². The van der Waals surface area contributed by atoms with Crippen LogP contribution in [-0.4, -0.2) is 41.0 Å². The van der Waals surface area contributed by atoms with Gasteiger partial charge in [-0.15, -0.1) is 0 Å². The first kappa shape index (κ1) is 14.3. The van der Waals surface area contributed by atoms with Crippen molar-refractivity contribution in [3.05, 3.63) is 29.6 Å². The van der Waals surface area contributed by atoms with Gasteiger partial charge >= 0.3 is 6.03 Å². The first-order valence-electron chi connectivity index (χ1n) is 6.86. The number of hydrogen-bond donors (Lipinski definition) is 2. The third-order valence-electron chi connectivity index (χ3n) is 3.50. The fourth-order valence-corrected chi connectivity index (χ4v) is 2.33. The highest BCUT2D eigenvalue weighted by molar-refractivity contribution is 5.88. The molecule has 0 unspecified atom stereocenters. The topological polar surface area (TPSA) is 74.3 Å². The van der Waals surface area contributed by atoms with E-state index in [2.05, 4.69) is 15.6 Å². The standard InChI is InChI=1S/C14H20N4O2/c1-3-12-13(19)16-7-8-18(12)14(20)17-9-11-10(2)5-4-6-15-11/h4-6,12H,3,7-9H2,1-2H3,(H,16,19)(H,17,20)/t12-/m0/s1. The van der Waals surface area contributed by atoms with E-state index in [0.717, 1.165) is 11.3 Å². The maximum Gasteiger partial charge on any atom is 0.318 e. The molecule has 3 amide bonds. The predicted octanol–water partition coefficient (Wildman–Crippen LogP) is 0.810. The Morgan fingerprint density at radius 1 is 1.60 bits per heavy atom. The van der Waals surface area contributed by atoms with E-state index >= 15 is 0 Å². The second-order valence-corrected chi connectivity index (χ2v) is 4.83. The molecule has 1 saturated heterocycles. The lowest BCUT2D eigenvalue weighted by atomic mass is 10.1. The molecule has 0 radical (unpaired) electrons. The summed E-state index contributed by atoms with van der Waals surface area (Å²) in [6.45, 7) is 5.28. The largest absolute Gasteiger partial charge is 0.353 e. The van der Waals surface area contributed by atoms with Crippen LogP contribution in [0.15, 0.2) is 18.3 Å². The molecule has 1 aromatic rings. The Balaban J connectivity index is 1.97. The Hall–Kier alpha value is -2.11. The summed E-state index contributed by atoms with van der Waals surface area (Å²) in [5, 5.41) is 5.62. The number of urea groups is 1. The van der Waals surface area contributed by atoms with Gasteiger partial charge in [-0.1, -0.05) is 13.0 Å². The zero-order chi connectivity index (χ0) is 14.5. The van der Waals surface area contributed by atoms with Crippen LogP contribution in [0.25, 0.3) is 0 Å². The summed E-state index contributed by atoms with van der Waals surface area (Å²) < 4.78 is 0. The molecule has 0 aliphatic carbocycles. The van der Waals surface area contributed by atoms with Gasteiger partial charge in [0.25, 0.3) is 0 Å². The van der Waals surface area contributed by atoms with Crippen molar-refractivity contribution in [3.8, 4) is 0 Å². The summed E-state index contributed by atoms with van der Waals surface area (Å²) in [6, 6.07) is 3.23. The lowest BCUT2D eigenvalue weighted by Crippen LogP contribution is -2.59. The second-order valence-electron chi connectivity index (χ2n) is 4.83. The van der Waals surface area contributed by atoms with Crippen molar-refractivity contribution in [2.75, 3.05) is 13.1 Å². The number of pyridine rings is 1. The van der Waals surface area contributed by atoms with E-state index in [9.17, 15) is 9.59 Å². The van der Waals surface area contributed by atoms with Crippen LogP contribution in [0.2, 0.25) is 0 Å². The molecule has 1 fully saturated rings. The molecule has 0 aromatic carbocycles. The van der Waals surface area contributed by atoms with Crippen LogP contribution in [0, 0.1) is 6.92 Å². The molecule has 1 aliphatic rings. The van der Waals surface area contributed by atoms with Gasteiger partial charge in [0, 0.05) is 19.3 Å². The zero-order valence-electron chi connectivity index (χ0n) is 11.8. The molecular weight excluding hydrogens is 256 g/mol. The summed E-state index contributed by atoms with van der Waals surface area (Å²) in [6.07, 6.45) is 2.32. The number of aromatic nitrogens is 1. The maximum atomic E-state index is 12.2. The number of aryl methyl sites for hydroxylation is 1. The molecule has 20 heavy (non-hydrogen) atoms. The van der Waals surface area contributed by atoms with Gasteiger partial charge in [-0.3, -0.25) is 9.78 Å². The number of nitrogens with zero attached hydrogens (tertiary/aromatic N) is 2. The fraction of sp³-hybridized carbons (Fsp3) is 0.500. The summed E-state index contributed by atoms with van der Waals surface area (Å²) >= 11 is 0. The number of hydrogen-bond acceptors (Lipinski definition) is 3. The third-order valence-corrected chi connectivity index (χ3v) is 3.50. The molecule has 2 N–H and O–H groups in total. The van der Waals surface area contributed by atoms with Crippen molar-refractivity contribution in [2.45, 2.75) is 32.9 Å². The summed E-state index contributed by atoms with van der Waals surface area (Å²) in [7, 11) is 0. The van der Waals surface area contributed by atoms with Crippen molar-refractivity contribution in [1.82, 2.24) is 20.5 Å². The number of carbonyl (C=O) groups excluding carboxylic acids is 2. The van der Waals surface area contributed by atoms with Crippen molar-refractivity contribution < 1.29 is 9.59 Å². The van der Waals surface area contributed by atoms with Crippen LogP contribution in [0.4, 0.5) is 4.79 Å². The molecule has 0 saturated carbocycles. The van der Waals surface area contributed by atoms with Crippen LogP contribution in [-0.2, 0) is 11.3 Å². The average Bonchev–Trinajstić information content (AvgIpc) is 2.46.